The van der Waals surface area contributed by atoms with Crippen molar-refractivity contribution in [3.05, 3.63) is 65.7 Å². The Kier molecular flexibility index (Phi) is 5.99. The topological polar surface area (TPSA) is 109 Å². The summed E-state index contributed by atoms with van der Waals surface area (Å²) in [5.41, 5.74) is 1.75. The average Bonchev–Trinajstić information content (AvgIpc) is 3.11. The number of nitriles is 1. The van der Waals surface area contributed by atoms with Gasteiger partial charge in [0.25, 0.3) is 11.8 Å². The standard InChI is InChI=1S/C20H19N5O3/c1-28-12-4-10-22-19(26)17-16-5-2-3-11-25(16)18(24-17)20(27)23-15-8-6-14(13-21)7-9-15/h2-3,5-9,11H,4,10,12H2,1H3,(H,22,26)(H,23,27). The van der Waals surface area contributed by atoms with Crippen molar-refractivity contribution in [1.29, 1.82) is 5.26 Å². The largest absolute Gasteiger partial charge is 0.385 e. The molecule has 8 heteroatoms. The van der Waals surface area contributed by atoms with Crippen molar-refractivity contribution in [2.75, 3.05) is 25.6 Å². The Balaban J connectivity index is 1.83. The first-order chi connectivity index (χ1) is 13.6. The maximum Gasteiger partial charge on any atom is 0.292 e. The van der Waals surface area contributed by atoms with E-state index in [-0.39, 0.29) is 17.4 Å². The molecule has 0 saturated carbocycles. The SMILES string of the molecule is COCCCNC(=O)c1nc(C(=O)Nc2ccc(C#N)cc2)n2ccccc12. The fourth-order valence-corrected chi connectivity index (χ4v) is 2.68. The molecule has 0 spiro atoms. The van der Waals surface area contributed by atoms with Gasteiger partial charge in [0.2, 0.25) is 5.82 Å². The molecule has 0 aliphatic carbocycles. The number of carbonyl (C=O) groups is 2. The second-order valence-corrected chi connectivity index (χ2v) is 5.99. The van der Waals surface area contributed by atoms with E-state index in [0.29, 0.717) is 36.3 Å². The molecule has 2 N–H and O–H groups in total. The molecule has 28 heavy (non-hydrogen) atoms. The fraction of sp³-hybridized carbons (Fsp3) is 0.200. The van der Waals surface area contributed by atoms with Gasteiger partial charge in [0.1, 0.15) is 0 Å². The highest BCUT2D eigenvalue weighted by molar-refractivity contribution is 6.06. The summed E-state index contributed by atoms with van der Waals surface area (Å²) in [5.74, 6) is -0.705. The maximum absolute atomic E-state index is 12.7. The number of benzene rings is 1. The van der Waals surface area contributed by atoms with Gasteiger partial charge in [-0.3, -0.25) is 14.0 Å². The second kappa shape index (κ2) is 8.79. The van der Waals surface area contributed by atoms with Crippen LogP contribution in [0.4, 0.5) is 5.69 Å². The van der Waals surface area contributed by atoms with Crippen LogP contribution in [0, 0.1) is 11.3 Å². The first kappa shape index (κ1) is 19.1. The van der Waals surface area contributed by atoms with Gasteiger partial charge < -0.3 is 15.4 Å². The van der Waals surface area contributed by atoms with Crippen LogP contribution >= 0.6 is 0 Å². The summed E-state index contributed by atoms with van der Waals surface area (Å²) in [6.07, 6.45) is 2.36. The molecule has 2 heterocycles. The van der Waals surface area contributed by atoms with Gasteiger partial charge in [0, 0.05) is 32.1 Å². The number of pyridine rings is 1. The van der Waals surface area contributed by atoms with Crippen molar-refractivity contribution in [3.63, 3.8) is 0 Å². The zero-order chi connectivity index (χ0) is 19.9. The van der Waals surface area contributed by atoms with E-state index in [1.54, 1.807) is 60.2 Å². The number of ether oxygens (including phenoxy) is 1. The van der Waals surface area contributed by atoms with Crippen molar-refractivity contribution in [2.45, 2.75) is 6.42 Å². The minimum atomic E-state index is -0.454. The lowest BCUT2D eigenvalue weighted by Gasteiger charge is -2.04. The zero-order valence-electron chi connectivity index (χ0n) is 15.3. The zero-order valence-corrected chi connectivity index (χ0v) is 15.3. The van der Waals surface area contributed by atoms with E-state index in [1.807, 2.05) is 6.07 Å². The molecular formula is C20H19N5O3. The smallest absolute Gasteiger partial charge is 0.292 e. The van der Waals surface area contributed by atoms with E-state index in [1.165, 1.54) is 0 Å². The van der Waals surface area contributed by atoms with E-state index in [0.717, 1.165) is 0 Å². The number of aromatic nitrogens is 2. The van der Waals surface area contributed by atoms with Gasteiger partial charge in [0.15, 0.2) is 5.69 Å². The van der Waals surface area contributed by atoms with E-state index in [4.69, 9.17) is 10.00 Å². The number of nitrogens with one attached hydrogen (secondary N) is 2. The molecule has 3 rings (SSSR count). The summed E-state index contributed by atoms with van der Waals surface area (Å²) in [7, 11) is 1.60. The Morgan fingerprint density at radius 1 is 1.18 bits per heavy atom. The van der Waals surface area contributed by atoms with Crippen molar-refractivity contribution in [1.82, 2.24) is 14.7 Å². The van der Waals surface area contributed by atoms with Gasteiger partial charge in [-0.1, -0.05) is 6.07 Å². The van der Waals surface area contributed by atoms with Crippen LogP contribution in [0.25, 0.3) is 5.52 Å². The van der Waals surface area contributed by atoms with Crippen molar-refractivity contribution in [2.24, 2.45) is 0 Å². The molecular weight excluding hydrogens is 358 g/mol. The number of anilines is 1. The number of fused-ring (bicyclic) bond motifs is 1. The molecule has 142 valence electrons. The van der Waals surface area contributed by atoms with Crippen LogP contribution in [0.5, 0.6) is 0 Å². The molecule has 0 aliphatic rings. The van der Waals surface area contributed by atoms with Crippen molar-refractivity contribution >= 4 is 23.0 Å². The lowest BCUT2D eigenvalue weighted by atomic mass is 10.2. The number of carbonyl (C=O) groups excluding carboxylic acids is 2. The summed E-state index contributed by atoms with van der Waals surface area (Å²) in [6, 6.07) is 13.8. The number of imidazole rings is 1. The van der Waals surface area contributed by atoms with Crippen LogP contribution in [0.1, 0.15) is 33.1 Å². The molecule has 2 amide bonds. The average molecular weight is 377 g/mol. The maximum atomic E-state index is 12.7. The number of hydrogen-bond acceptors (Lipinski definition) is 5. The summed E-state index contributed by atoms with van der Waals surface area (Å²) >= 11 is 0. The molecule has 0 unspecified atom stereocenters. The first-order valence-electron chi connectivity index (χ1n) is 8.70. The molecule has 2 aromatic heterocycles. The van der Waals surface area contributed by atoms with Gasteiger partial charge in [-0.15, -0.1) is 0 Å². The molecule has 0 radical (unpaired) electrons. The lowest BCUT2D eigenvalue weighted by molar-refractivity contribution is 0.0946. The van der Waals surface area contributed by atoms with Crippen LogP contribution < -0.4 is 10.6 Å². The predicted octanol–water partition coefficient (Wildman–Crippen LogP) is 2.22. The lowest BCUT2D eigenvalue weighted by Crippen LogP contribution is -2.26. The van der Waals surface area contributed by atoms with Crippen LogP contribution in [-0.2, 0) is 4.74 Å². The Labute approximate surface area is 161 Å². The summed E-state index contributed by atoms with van der Waals surface area (Å²) in [5, 5.41) is 14.4. The highest BCUT2D eigenvalue weighted by Crippen LogP contribution is 2.16. The van der Waals surface area contributed by atoms with Gasteiger partial charge >= 0.3 is 0 Å². The third-order valence-corrected chi connectivity index (χ3v) is 4.05. The Morgan fingerprint density at radius 2 is 1.96 bits per heavy atom. The van der Waals surface area contributed by atoms with Gasteiger partial charge in [0.05, 0.1) is 17.1 Å². The van der Waals surface area contributed by atoms with Gasteiger partial charge in [-0.05, 0) is 42.8 Å². The molecule has 0 saturated heterocycles. The normalized spacial score (nSPS) is 10.4. The third-order valence-electron chi connectivity index (χ3n) is 4.05. The number of methoxy groups -OCH3 is 1. The second-order valence-electron chi connectivity index (χ2n) is 5.99. The number of hydrogen-bond donors (Lipinski definition) is 2. The number of rotatable bonds is 7. The molecule has 0 aliphatic heterocycles. The van der Waals surface area contributed by atoms with Crippen LogP contribution in [0.3, 0.4) is 0 Å². The quantitative estimate of drug-likeness (QED) is 0.614. The fourth-order valence-electron chi connectivity index (χ4n) is 2.68. The summed E-state index contributed by atoms with van der Waals surface area (Å²) in [6.45, 7) is 0.994. The van der Waals surface area contributed by atoms with E-state index >= 15 is 0 Å². The molecule has 0 atom stereocenters. The van der Waals surface area contributed by atoms with E-state index < -0.39 is 5.91 Å². The van der Waals surface area contributed by atoms with E-state index in [9.17, 15) is 9.59 Å². The molecule has 1 aromatic carbocycles. The third kappa shape index (κ3) is 4.16. The molecule has 0 bridgehead atoms. The van der Waals surface area contributed by atoms with Gasteiger partial charge in [-0.2, -0.15) is 5.26 Å². The Morgan fingerprint density at radius 3 is 2.68 bits per heavy atom. The van der Waals surface area contributed by atoms with Crippen molar-refractivity contribution < 1.29 is 14.3 Å². The van der Waals surface area contributed by atoms with Gasteiger partial charge in [-0.25, -0.2) is 4.98 Å². The Hall–Kier alpha value is -3.70. The Bertz CT molecular complexity index is 1030. The highest BCUT2D eigenvalue weighted by Gasteiger charge is 2.21. The monoisotopic (exact) mass is 377 g/mol. The molecule has 8 nitrogen and oxygen atoms in total. The summed E-state index contributed by atoms with van der Waals surface area (Å²) in [4.78, 5) is 29.5. The predicted molar refractivity (Wildman–Crippen MR) is 103 cm³/mol. The first-order valence-corrected chi connectivity index (χ1v) is 8.70. The minimum Gasteiger partial charge on any atom is -0.385 e. The number of nitrogens with zero attached hydrogens (tertiary/aromatic N) is 3. The van der Waals surface area contributed by atoms with Crippen LogP contribution in [0.15, 0.2) is 48.7 Å². The molecule has 3 aromatic rings. The summed E-state index contributed by atoms with van der Waals surface area (Å²) < 4.78 is 6.54. The van der Waals surface area contributed by atoms with Crippen LogP contribution in [-0.4, -0.2) is 41.5 Å². The van der Waals surface area contributed by atoms with Crippen molar-refractivity contribution in [3.8, 4) is 6.07 Å². The highest BCUT2D eigenvalue weighted by atomic mass is 16.5. The van der Waals surface area contributed by atoms with E-state index in [2.05, 4.69) is 15.6 Å². The molecule has 0 fully saturated rings. The minimum absolute atomic E-state index is 0.0991. The van der Waals surface area contributed by atoms with Crippen LogP contribution in [0.2, 0.25) is 0 Å². The number of amides is 2.